The number of imidazole rings is 1. The fourth-order valence-electron chi connectivity index (χ4n) is 3.32. The zero-order valence-electron chi connectivity index (χ0n) is 12.4. The normalized spacial score (nSPS) is 16.4. The van der Waals surface area contributed by atoms with Gasteiger partial charge in [0.25, 0.3) is 0 Å². The van der Waals surface area contributed by atoms with Crippen molar-refractivity contribution in [1.29, 1.82) is 0 Å². The lowest BCUT2D eigenvalue weighted by atomic mass is 10.2. The summed E-state index contributed by atoms with van der Waals surface area (Å²) in [7, 11) is 2.22. The number of benzene rings is 1. The van der Waals surface area contributed by atoms with Crippen LogP contribution in [0.4, 0.5) is 0 Å². The standard InChI is InChI=1S/C16H21Cl2N3/c1-20(12-5-2-3-6-12)9-10-21-15(11-17)19-14-8-4-7-13(18)16(14)21/h4,7-8,12H,2-3,5-6,9-11H2,1H3. The molecule has 0 amide bonds. The molecule has 1 heterocycles. The molecular weight excluding hydrogens is 305 g/mol. The summed E-state index contributed by atoms with van der Waals surface area (Å²) in [5.74, 6) is 1.32. The van der Waals surface area contributed by atoms with E-state index in [9.17, 15) is 0 Å². The monoisotopic (exact) mass is 325 g/mol. The zero-order valence-corrected chi connectivity index (χ0v) is 13.9. The van der Waals surface area contributed by atoms with Gasteiger partial charge in [-0.3, -0.25) is 0 Å². The van der Waals surface area contributed by atoms with E-state index in [1.165, 1.54) is 25.7 Å². The Bertz CT molecular complexity index is 617. The van der Waals surface area contributed by atoms with E-state index in [1.54, 1.807) is 0 Å². The average molecular weight is 326 g/mol. The van der Waals surface area contributed by atoms with Crippen LogP contribution in [0.5, 0.6) is 0 Å². The van der Waals surface area contributed by atoms with Crippen molar-refractivity contribution in [2.45, 2.75) is 44.1 Å². The van der Waals surface area contributed by atoms with Gasteiger partial charge in [0, 0.05) is 19.1 Å². The van der Waals surface area contributed by atoms with E-state index in [1.807, 2.05) is 18.2 Å². The summed E-state index contributed by atoms with van der Waals surface area (Å²) in [6, 6.07) is 6.58. The van der Waals surface area contributed by atoms with Crippen molar-refractivity contribution >= 4 is 34.2 Å². The van der Waals surface area contributed by atoms with Gasteiger partial charge in [-0.2, -0.15) is 0 Å². The third-order valence-corrected chi connectivity index (χ3v) is 5.08. The molecule has 0 radical (unpaired) electrons. The summed E-state index contributed by atoms with van der Waals surface area (Å²) in [6.45, 7) is 1.89. The van der Waals surface area contributed by atoms with Crippen LogP contribution in [-0.2, 0) is 12.4 Å². The number of rotatable bonds is 5. The van der Waals surface area contributed by atoms with E-state index in [2.05, 4.69) is 21.5 Å². The second-order valence-electron chi connectivity index (χ2n) is 5.84. The SMILES string of the molecule is CN(CCn1c(CCl)nc2cccc(Cl)c21)C1CCCC1. The van der Waals surface area contributed by atoms with E-state index in [0.717, 1.165) is 41.0 Å². The van der Waals surface area contributed by atoms with Gasteiger partial charge < -0.3 is 9.47 Å². The van der Waals surface area contributed by atoms with E-state index in [4.69, 9.17) is 23.2 Å². The first-order valence-electron chi connectivity index (χ1n) is 7.60. The van der Waals surface area contributed by atoms with E-state index in [-0.39, 0.29) is 0 Å². The molecule has 5 heteroatoms. The van der Waals surface area contributed by atoms with Crippen LogP contribution in [0.2, 0.25) is 5.02 Å². The molecule has 1 aliphatic carbocycles. The first-order chi connectivity index (χ1) is 10.2. The maximum atomic E-state index is 6.36. The van der Waals surface area contributed by atoms with Crippen LogP contribution in [-0.4, -0.2) is 34.1 Å². The summed E-state index contributed by atoms with van der Waals surface area (Å²) in [6.07, 6.45) is 5.37. The number of fused-ring (bicyclic) bond motifs is 1. The Hall–Kier alpha value is -0.770. The molecule has 1 saturated carbocycles. The number of nitrogens with zero attached hydrogens (tertiary/aromatic N) is 3. The van der Waals surface area contributed by atoms with Crippen LogP contribution in [0.3, 0.4) is 0 Å². The summed E-state index contributed by atoms with van der Waals surface area (Å²) >= 11 is 12.4. The van der Waals surface area contributed by atoms with Crippen molar-refractivity contribution in [3.63, 3.8) is 0 Å². The minimum atomic E-state index is 0.415. The van der Waals surface area contributed by atoms with E-state index >= 15 is 0 Å². The lowest BCUT2D eigenvalue weighted by molar-refractivity contribution is 0.236. The lowest BCUT2D eigenvalue weighted by Crippen LogP contribution is -2.32. The first-order valence-corrected chi connectivity index (χ1v) is 8.52. The van der Waals surface area contributed by atoms with Crippen molar-refractivity contribution in [2.24, 2.45) is 0 Å². The molecule has 0 saturated heterocycles. The van der Waals surface area contributed by atoms with Gasteiger partial charge in [0.1, 0.15) is 5.82 Å². The summed E-state index contributed by atoms with van der Waals surface area (Å²) in [5, 5.41) is 0.750. The Kier molecular flexibility index (Phi) is 4.72. The second-order valence-corrected chi connectivity index (χ2v) is 6.51. The number of hydrogen-bond acceptors (Lipinski definition) is 2. The fourth-order valence-corrected chi connectivity index (χ4v) is 3.79. The number of likely N-dealkylation sites (N-methyl/N-ethyl adjacent to an activating group) is 1. The van der Waals surface area contributed by atoms with Gasteiger partial charge in [0.2, 0.25) is 0 Å². The van der Waals surface area contributed by atoms with Crippen molar-refractivity contribution in [3.05, 3.63) is 29.0 Å². The molecule has 0 spiro atoms. The third kappa shape index (κ3) is 3.05. The molecule has 1 fully saturated rings. The van der Waals surface area contributed by atoms with Gasteiger partial charge in [0.05, 0.1) is 21.9 Å². The number of hydrogen-bond donors (Lipinski definition) is 0. The van der Waals surface area contributed by atoms with Crippen molar-refractivity contribution < 1.29 is 0 Å². The maximum absolute atomic E-state index is 6.36. The van der Waals surface area contributed by atoms with Crippen molar-refractivity contribution in [2.75, 3.05) is 13.6 Å². The van der Waals surface area contributed by atoms with Gasteiger partial charge in [0.15, 0.2) is 0 Å². The van der Waals surface area contributed by atoms with Crippen LogP contribution in [0.25, 0.3) is 11.0 Å². The van der Waals surface area contributed by atoms with Crippen LogP contribution in [0.15, 0.2) is 18.2 Å². The molecule has 1 aromatic heterocycles. The predicted molar refractivity (Wildman–Crippen MR) is 89.2 cm³/mol. The molecule has 0 atom stereocenters. The summed E-state index contributed by atoms with van der Waals surface area (Å²) in [5.41, 5.74) is 1.94. The molecule has 2 aromatic rings. The Morgan fingerprint density at radius 1 is 1.33 bits per heavy atom. The highest BCUT2D eigenvalue weighted by Crippen LogP contribution is 2.26. The van der Waals surface area contributed by atoms with E-state index in [0.29, 0.717) is 5.88 Å². The summed E-state index contributed by atoms with van der Waals surface area (Å²) < 4.78 is 2.18. The Balaban J connectivity index is 1.82. The number of para-hydroxylation sites is 1. The highest BCUT2D eigenvalue weighted by atomic mass is 35.5. The second kappa shape index (κ2) is 6.55. The molecular formula is C16H21Cl2N3. The quantitative estimate of drug-likeness (QED) is 0.764. The number of aromatic nitrogens is 2. The largest absolute Gasteiger partial charge is 0.324 e. The lowest BCUT2D eigenvalue weighted by Gasteiger charge is -2.24. The van der Waals surface area contributed by atoms with Crippen molar-refractivity contribution in [3.8, 4) is 0 Å². The van der Waals surface area contributed by atoms with E-state index < -0.39 is 0 Å². The predicted octanol–water partition coefficient (Wildman–Crippen LogP) is 4.30. The maximum Gasteiger partial charge on any atom is 0.124 e. The smallest absolute Gasteiger partial charge is 0.124 e. The van der Waals surface area contributed by atoms with Gasteiger partial charge in [-0.15, -0.1) is 11.6 Å². The molecule has 3 nitrogen and oxygen atoms in total. The minimum Gasteiger partial charge on any atom is -0.324 e. The molecule has 0 aliphatic heterocycles. The molecule has 1 aromatic carbocycles. The molecule has 21 heavy (non-hydrogen) atoms. The van der Waals surface area contributed by atoms with Crippen LogP contribution >= 0.6 is 23.2 Å². The molecule has 0 unspecified atom stereocenters. The molecule has 0 N–H and O–H groups in total. The summed E-state index contributed by atoms with van der Waals surface area (Å²) in [4.78, 5) is 7.06. The Labute approximate surface area is 135 Å². The topological polar surface area (TPSA) is 21.1 Å². The van der Waals surface area contributed by atoms with Gasteiger partial charge in [-0.1, -0.05) is 30.5 Å². The zero-order chi connectivity index (χ0) is 14.8. The molecule has 3 rings (SSSR count). The van der Waals surface area contributed by atoms with Gasteiger partial charge in [-0.05, 0) is 32.0 Å². The van der Waals surface area contributed by atoms with Gasteiger partial charge in [-0.25, -0.2) is 4.98 Å². The Morgan fingerprint density at radius 3 is 2.81 bits per heavy atom. The van der Waals surface area contributed by atoms with Crippen LogP contribution in [0.1, 0.15) is 31.5 Å². The minimum absolute atomic E-state index is 0.415. The number of alkyl halides is 1. The number of halogens is 2. The third-order valence-electron chi connectivity index (χ3n) is 4.54. The molecule has 0 bridgehead atoms. The highest BCUT2D eigenvalue weighted by Gasteiger charge is 2.20. The highest BCUT2D eigenvalue weighted by molar-refractivity contribution is 6.35. The Morgan fingerprint density at radius 2 is 2.10 bits per heavy atom. The first kappa shape index (κ1) is 15.1. The average Bonchev–Trinajstić information content (AvgIpc) is 3.12. The molecule has 1 aliphatic rings. The van der Waals surface area contributed by atoms with Gasteiger partial charge >= 0.3 is 0 Å². The van der Waals surface area contributed by atoms with Crippen LogP contribution < -0.4 is 0 Å². The van der Waals surface area contributed by atoms with Crippen LogP contribution in [0, 0.1) is 0 Å². The fraction of sp³-hybridized carbons (Fsp3) is 0.562. The molecule has 114 valence electrons. The van der Waals surface area contributed by atoms with Crippen molar-refractivity contribution in [1.82, 2.24) is 14.5 Å².